The van der Waals surface area contributed by atoms with Gasteiger partial charge in [-0.2, -0.15) is 0 Å². The lowest BCUT2D eigenvalue weighted by molar-refractivity contribution is -0.140. The smallest absolute Gasteiger partial charge is 0.233 e. The minimum Gasteiger partial charge on any atom is -0.372 e. The summed E-state index contributed by atoms with van der Waals surface area (Å²) in [4.78, 5) is 18.7. The summed E-state index contributed by atoms with van der Waals surface area (Å²) >= 11 is 2.95. The summed E-state index contributed by atoms with van der Waals surface area (Å²) in [6.45, 7) is 5.25. The lowest BCUT2D eigenvalue weighted by atomic mass is 10.2. The Labute approximate surface area is 149 Å². The Morgan fingerprint density at radius 1 is 1.33 bits per heavy atom. The van der Waals surface area contributed by atoms with Gasteiger partial charge in [0.25, 0.3) is 0 Å². The first kappa shape index (κ1) is 17.4. The molecule has 0 unspecified atom stereocenters. The monoisotopic (exact) mass is 366 g/mol. The number of morpholine rings is 1. The minimum atomic E-state index is -0.261. The molecule has 1 aliphatic heterocycles. The maximum Gasteiger partial charge on any atom is 0.233 e. The molecule has 4 nitrogen and oxygen atoms in total. The minimum absolute atomic E-state index is 0.0765. The zero-order valence-corrected chi connectivity index (χ0v) is 15.2. The second-order valence-corrected chi connectivity index (χ2v) is 7.93. The first-order valence-corrected chi connectivity index (χ1v) is 9.65. The molecule has 0 N–H and O–H groups in total. The number of halogens is 1. The van der Waals surface area contributed by atoms with Gasteiger partial charge in [-0.25, -0.2) is 9.37 Å². The van der Waals surface area contributed by atoms with Gasteiger partial charge in [0.05, 0.1) is 23.7 Å². The highest BCUT2D eigenvalue weighted by Gasteiger charge is 2.25. The van der Waals surface area contributed by atoms with Gasteiger partial charge in [0.2, 0.25) is 5.91 Å². The predicted octanol–water partition coefficient (Wildman–Crippen LogP) is 3.68. The lowest BCUT2D eigenvalue weighted by Gasteiger charge is -2.35. The summed E-state index contributed by atoms with van der Waals surface area (Å²) in [5.41, 5.74) is 1.69. The van der Waals surface area contributed by atoms with Crippen LogP contribution in [0.25, 0.3) is 11.3 Å². The highest BCUT2D eigenvalue weighted by atomic mass is 32.2. The molecule has 1 aromatic heterocycles. The van der Waals surface area contributed by atoms with E-state index in [0.29, 0.717) is 18.8 Å². The van der Waals surface area contributed by atoms with E-state index >= 15 is 0 Å². The molecule has 0 spiro atoms. The number of hydrogen-bond donors (Lipinski definition) is 0. The number of thioether (sulfide) groups is 1. The van der Waals surface area contributed by atoms with Crippen molar-refractivity contribution < 1.29 is 13.9 Å². The van der Waals surface area contributed by atoms with Crippen LogP contribution in [0.3, 0.4) is 0 Å². The molecule has 2 atom stereocenters. The molecule has 1 aliphatic rings. The van der Waals surface area contributed by atoms with E-state index in [1.165, 1.54) is 35.2 Å². The fourth-order valence-electron chi connectivity index (χ4n) is 2.67. The summed E-state index contributed by atoms with van der Waals surface area (Å²) in [5.74, 6) is 0.221. The number of nitrogens with zero attached hydrogens (tertiary/aromatic N) is 2. The van der Waals surface area contributed by atoms with Crippen LogP contribution >= 0.6 is 23.1 Å². The molecule has 0 saturated carbocycles. The van der Waals surface area contributed by atoms with E-state index in [0.717, 1.165) is 15.6 Å². The number of rotatable bonds is 4. The third kappa shape index (κ3) is 4.34. The molecule has 1 aromatic carbocycles. The summed E-state index contributed by atoms with van der Waals surface area (Å²) < 4.78 is 19.5. The molecule has 1 amide bonds. The predicted molar refractivity (Wildman–Crippen MR) is 94.8 cm³/mol. The van der Waals surface area contributed by atoms with Crippen molar-refractivity contribution in [3.63, 3.8) is 0 Å². The van der Waals surface area contributed by atoms with Crippen molar-refractivity contribution >= 4 is 29.0 Å². The van der Waals surface area contributed by atoms with E-state index in [1.807, 2.05) is 24.1 Å². The maximum absolute atomic E-state index is 13.0. The molecule has 24 heavy (non-hydrogen) atoms. The Hall–Kier alpha value is -1.44. The van der Waals surface area contributed by atoms with Gasteiger partial charge in [-0.15, -0.1) is 11.3 Å². The SMILES string of the molecule is C[C@H]1CN(C(=O)CSc2nc(-c3ccc(F)cc3)cs2)C[C@H](C)O1. The highest BCUT2D eigenvalue weighted by Crippen LogP contribution is 2.28. The van der Waals surface area contributed by atoms with E-state index in [2.05, 4.69) is 4.98 Å². The Bertz CT molecular complexity index is 695. The number of hydrogen-bond acceptors (Lipinski definition) is 5. The number of aromatic nitrogens is 1. The third-order valence-corrected chi connectivity index (χ3v) is 5.72. The molecule has 1 saturated heterocycles. The summed E-state index contributed by atoms with van der Waals surface area (Å²) in [6, 6.07) is 6.26. The van der Waals surface area contributed by atoms with Gasteiger partial charge in [0.15, 0.2) is 4.34 Å². The zero-order chi connectivity index (χ0) is 17.1. The topological polar surface area (TPSA) is 42.4 Å². The summed E-state index contributed by atoms with van der Waals surface area (Å²) in [5, 5.41) is 1.93. The van der Waals surface area contributed by atoms with Gasteiger partial charge in [0, 0.05) is 24.0 Å². The second kappa shape index (κ2) is 7.63. The van der Waals surface area contributed by atoms with Gasteiger partial charge in [-0.05, 0) is 38.1 Å². The van der Waals surface area contributed by atoms with Crippen molar-refractivity contribution in [1.82, 2.24) is 9.88 Å². The number of benzene rings is 1. The van der Waals surface area contributed by atoms with E-state index in [4.69, 9.17) is 4.74 Å². The van der Waals surface area contributed by atoms with Crippen molar-refractivity contribution in [1.29, 1.82) is 0 Å². The van der Waals surface area contributed by atoms with Crippen molar-refractivity contribution in [2.24, 2.45) is 0 Å². The first-order valence-electron chi connectivity index (χ1n) is 7.79. The molecule has 128 valence electrons. The van der Waals surface area contributed by atoms with Crippen LogP contribution in [-0.4, -0.2) is 46.8 Å². The molecule has 1 fully saturated rings. The van der Waals surface area contributed by atoms with Gasteiger partial charge in [-0.3, -0.25) is 4.79 Å². The van der Waals surface area contributed by atoms with E-state index < -0.39 is 0 Å². The Morgan fingerprint density at radius 3 is 2.67 bits per heavy atom. The standard InChI is InChI=1S/C17H19FN2O2S2/c1-11-7-20(8-12(2)22-11)16(21)10-24-17-19-15(9-23-17)13-3-5-14(18)6-4-13/h3-6,9,11-12H,7-8,10H2,1-2H3/t11-,12-/m0/s1. The Kier molecular flexibility index (Phi) is 5.53. The molecular formula is C17H19FN2O2S2. The molecule has 7 heteroatoms. The molecule has 2 heterocycles. The fraction of sp³-hybridized carbons (Fsp3) is 0.412. The highest BCUT2D eigenvalue weighted by molar-refractivity contribution is 8.01. The molecule has 2 aromatic rings. The van der Waals surface area contributed by atoms with Gasteiger partial charge >= 0.3 is 0 Å². The maximum atomic E-state index is 13.0. The number of ether oxygens (including phenoxy) is 1. The van der Waals surface area contributed by atoms with Crippen molar-refractivity contribution in [3.05, 3.63) is 35.5 Å². The molecular weight excluding hydrogens is 347 g/mol. The van der Waals surface area contributed by atoms with E-state index in [-0.39, 0.29) is 23.9 Å². The Balaban J connectivity index is 1.57. The van der Waals surface area contributed by atoms with E-state index in [9.17, 15) is 9.18 Å². The average molecular weight is 366 g/mol. The zero-order valence-electron chi connectivity index (χ0n) is 13.6. The Morgan fingerprint density at radius 2 is 2.00 bits per heavy atom. The van der Waals surface area contributed by atoms with Gasteiger partial charge in [0.1, 0.15) is 5.82 Å². The van der Waals surface area contributed by atoms with Crippen molar-refractivity contribution in [3.8, 4) is 11.3 Å². The normalized spacial score (nSPS) is 21.0. The van der Waals surface area contributed by atoms with Crippen molar-refractivity contribution in [2.45, 2.75) is 30.4 Å². The molecule has 0 aliphatic carbocycles. The van der Waals surface area contributed by atoms with Crippen LogP contribution in [0.2, 0.25) is 0 Å². The number of carbonyl (C=O) groups is 1. The summed E-state index contributed by atoms with van der Waals surface area (Å²) in [6.07, 6.45) is 0.153. The largest absolute Gasteiger partial charge is 0.372 e. The van der Waals surface area contributed by atoms with Gasteiger partial charge in [-0.1, -0.05) is 11.8 Å². The van der Waals surface area contributed by atoms with Gasteiger partial charge < -0.3 is 9.64 Å². The number of thiazole rings is 1. The van der Waals surface area contributed by atoms with Crippen LogP contribution in [0, 0.1) is 5.82 Å². The molecule has 0 bridgehead atoms. The van der Waals surface area contributed by atoms with Crippen LogP contribution in [-0.2, 0) is 9.53 Å². The number of carbonyl (C=O) groups excluding carboxylic acids is 1. The van der Waals surface area contributed by atoms with Crippen molar-refractivity contribution in [2.75, 3.05) is 18.8 Å². The van der Waals surface area contributed by atoms with Crippen LogP contribution in [0.4, 0.5) is 4.39 Å². The van der Waals surface area contributed by atoms with Crippen LogP contribution in [0.5, 0.6) is 0 Å². The summed E-state index contributed by atoms with van der Waals surface area (Å²) in [7, 11) is 0. The second-order valence-electron chi connectivity index (χ2n) is 5.85. The van der Waals surface area contributed by atoms with Crippen LogP contribution < -0.4 is 0 Å². The fourth-order valence-corrected chi connectivity index (χ4v) is 4.41. The molecule has 0 radical (unpaired) electrons. The van der Waals surface area contributed by atoms with E-state index in [1.54, 1.807) is 12.1 Å². The van der Waals surface area contributed by atoms with Crippen LogP contribution in [0.15, 0.2) is 34.0 Å². The first-order chi connectivity index (χ1) is 11.5. The third-order valence-electron chi connectivity index (χ3n) is 3.71. The quantitative estimate of drug-likeness (QED) is 0.774. The number of amides is 1. The molecule has 3 rings (SSSR count). The lowest BCUT2D eigenvalue weighted by Crippen LogP contribution is -2.48. The average Bonchev–Trinajstić information content (AvgIpc) is 3.01. The van der Waals surface area contributed by atoms with Crippen LogP contribution in [0.1, 0.15) is 13.8 Å².